The molecular weight excluding hydrogens is 332 g/mol. The number of rotatable bonds is 6. The highest BCUT2D eigenvalue weighted by atomic mass is 28.3. The Morgan fingerprint density at radius 2 is 2.04 bits per heavy atom. The molecule has 1 nitrogen and oxygen atoms in total. The number of ether oxygens (including phenoxy) is 1. The van der Waals surface area contributed by atoms with Crippen molar-refractivity contribution >= 4 is 13.3 Å². The van der Waals surface area contributed by atoms with Gasteiger partial charge in [-0.05, 0) is 54.8 Å². The molecule has 0 aliphatic heterocycles. The van der Waals surface area contributed by atoms with Crippen LogP contribution < -0.4 is 9.92 Å². The van der Waals surface area contributed by atoms with E-state index < -0.39 is 8.07 Å². The lowest BCUT2D eigenvalue weighted by Crippen LogP contribution is -2.49. The zero-order valence-corrected chi connectivity index (χ0v) is 18.1. The van der Waals surface area contributed by atoms with Gasteiger partial charge in [0.15, 0.2) is 0 Å². The van der Waals surface area contributed by atoms with Crippen molar-refractivity contribution in [3.05, 3.63) is 59.7 Å². The summed E-state index contributed by atoms with van der Waals surface area (Å²) in [5.74, 6) is 2.70. The van der Waals surface area contributed by atoms with Gasteiger partial charge in [-0.25, -0.2) is 0 Å². The second-order valence-corrected chi connectivity index (χ2v) is 13.3. The number of allylic oxidation sites excluding steroid dienone is 4. The summed E-state index contributed by atoms with van der Waals surface area (Å²) in [5.41, 5.74) is 5.06. The van der Waals surface area contributed by atoms with Gasteiger partial charge in [-0.15, -0.1) is 0 Å². The Labute approximate surface area is 160 Å². The third-order valence-corrected chi connectivity index (χ3v) is 10.6. The fraction of sp³-hybridized carbons (Fsp3) is 0.500. The lowest BCUT2D eigenvalue weighted by atomic mass is 9.94. The van der Waals surface area contributed by atoms with E-state index in [-0.39, 0.29) is 0 Å². The molecule has 2 aliphatic rings. The van der Waals surface area contributed by atoms with Gasteiger partial charge in [0.1, 0.15) is 12.4 Å². The highest BCUT2D eigenvalue weighted by Gasteiger charge is 2.48. The van der Waals surface area contributed by atoms with Crippen LogP contribution >= 0.6 is 0 Å². The van der Waals surface area contributed by atoms with Crippen LogP contribution in [0.5, 0.6) is 5.75 Å². The van der Waals surface area contributed by atoms with E-state index in [0.717, 1.165) is 23.1 Å². The minimum atomic E-state index is -1.76. The number of benzene rings is 1. The van der Waals surface area contributed by atoms with Crippen molar-refractivity contribution in [2.24, 2.45) is 11.8 Å². The Balaban J connectivity index is 2.10. The Hall–Kier alpha value is -1.54. The molecule has 1 aromatic carbocycles. The van der Waals surface area contributed by atoms with Crippen molar-refractivity contribution in [1.29, 1.82) is 0 Å². The van der Waals surface area contributed by atoms with Crippen LogP contribution in [0, 0.1) is 25.7 Å². The maximum atomic E-state index is 6.21. The Morgan fingerprint density at radius 1 is 1.27 bits per heavy atom. The first-order valence-corrected chi connectivity index (χ1v) is 13.2. The van der Waals surface area contributed by atoms with Crippen molar-refractivity contribution in [2.45, 2.75) is 58.7 Å². The summed E-state index contributed by atoms with van der Waals surface area (Å²) in [4.78, 5) is 0. The van der Waals surface area contributed by atoms with Crippen LogP contribution in [0.1, 0.15) is 37.3 Å². The molecule has 3 unspecified atom stereocenters. The Bertz CT molecular complexity index is 741. The molecule has 0 amide bonds. The molecule has 0 N–H and O–H groups in total. The van der Waals surface area contributed by atoms with Crippen LogP contribution in [-0.2, 0) is 0 Å². The van der Waals surface area contributed by atoms with E-state index in [1.165, 1.54) is 35.6 Å². The van der Waals surface area contributed by atoms with E-state index in [1.54, 1.807) is 5.57 Å². The zero-order valence-electron chi connectivity index (χ0n) is 17.1. The molecule has 26 heavy (non-hydrogen) atoms. The van der Waals surface area contributed by atoms with Gasteiger partial charge in [-0.3, -0.25) is 0 Å². The number of hydrogen-bond donors (Lipinski definition) is 0. The molecule has 3 rings (SSSR count). The van der Waals surface area contributed by atoms with E-state index >= 15 is 0 Å². The second-order valence-electron chi connectivity index (χ2n) is 8.69. The molecule has 0 spiro atoms. The topological polar surface area (TPSA) is 9.23 Å². The smallest absolute Gasteiger partial charge is 0.121 e. The average Bonchev–Trinajstić information content (AvgIpc) is 2.99. The maximum Gasteiger partial charge on any atom is 0.121 e. The summed E-state index contributed by atoms with van der Waals surface area (Å²) in [7, 11) is -1.76. The zero-order chi connectivity index (χ0) is 18.9. The third-order valence-electron chi connectivity index (χ3n) is 6.50. The van der Waals surface area contributed by atoms with Crippen molar-refractivity contribution in [2.75, 3.05) is 6.61 Å². The molecule has 3 atom stereocenters. The summed E-state index contributed by atoms with van der Waals surface area (Å²) in [6, 6.07) is 4.67. The Morgan fingerprint density at radius 3 is 2.73 bits per heavy atom. The molecule has 0 radical (unpaired) electrons. The summed E-state index contributed by atoms with van der Waals surface area (Å²) in [6.45, 7) is 16.3. The van der Waals surface area contributed by atoms with Crippen LogP contribution in [0.4, 0.5) is 0 Å². The molecule has 140 valence electrons. The monoisotopic (exact) mass is 366 g/mol. The maximum absolute atomic E-state index is 6.21. The number of aryl methyl sites for hydroxylation is 2. The predicted octanol–water partition coefficient (Wildman–Crippen LogP) is 6.09. The molecule has 1 aromatic rings. The van der Waals surface area contributed by atoms with Crippen molar-refractivity contribution in [3.63, 3.8) is 0 Å². The first-order valence-electron chi connectivity index (χ1n) is 10.1. The van der Waals surface area contributed by atoms with Crippen molar-refractivity contribution in [1.82, 2.24) is 0 Å². The van der Waals surface area contributed by atoms with Crippen LogP contribution in [0.3, 0.4) is 0 Å². The Kier molecular flexibility index (Phi) is 5.62. The van der Waals surface area contributed by atoms with Gasteiger partial charge in [0.25, 0.3) is 0 Å². The molecule has 1 saturated carbocycles. The highest BCUT2D eigenvalue weighted by molar-refractivity contribution is 6.92. The lowest BCUT2D eigenvalue weighted by molar-refractivity contribution is 0.363. The van der Waals surface area contributed by atoms with Gasteiger partial charge in [0.05, 0.1) is 8.07 Å². The summed E-state index contributed by atoms with van der Waals surface area (Å²) >= 11 is 0. The SMILES string of the molecule is C=CCOc1c(C)cc(C)cc1[Si](C)(C)C1C2=CC=CCC2CC1CC. The minimum Gasteiger partial charge on any atom is -0.489 e. The van der Waals surface area contributed by atoms with Crippen LogP contribution in [0.2, 0.25) is 18.6 Å². The average molecular weight is 367 g/mol. The molecule has 0 saturated heterocycles. The summed E-state index contributed by atoms with van der Waals surface area (Å²) in [6.07, 6.45) is 12.8. The molecule has 2 aliphatic carbocycles. The summed E-state index contributed by atoms with van der Waals surface area (Å²) in [5, 5.41) is 1.50. The molecule has 1 fully saturated rings. The first kappa shape index (κ1) is 19.2. The first-order chi connectivity index (χ1) is 12.4. The molecule has 0 heterocycles. The number of fused-ring (bicyclic) bond motifs is 1. The second kappa shape index (κ2) is 7.60. The largest absolute Gasteiger partial charge is 0.489 e. The van der Waals surface area contributed by atoms with Crippen LogP contribution in [-0.4, -0.2) is 14.7 Å². The molecule has 0 bridgehead atoms. The van der Waals surface area contributed by atoms with E-state index in [9.17, 15) is 0 Å². The van der Waals surface area contributed by atoms with E-state index in [1.807, 2.05) is 6.08 Å². The highest BCUT2D eigenvalue weighted by Crippen LogP contribution is 2.54. The van der Waals surface area contributed by atoms with Crippen molar-refractivity contribution in [3.8, 4) is 5.75 Å². The summed E-state index contributed by atoms with van der Waals surface area (Å²) < 4.78 is 6.21. The van der Waals surface area contributed by atoms with E-state index in [4.69, 9.17) is 4.74 Å². The van der Waals surface area contributed by atoms with Gasteiger partial charge in [0, 0.05) is 0 Å². The van der Waals surface area contributed by atoms with E-state index in [2.05, 4.69) is 70.8 Å². The quantitative estimate of drug-likeness (QED) is 0.437. The van der Waals surface area contributed by atoms with Gasteiger partial charge in [-0.1, -0.05) is 80.6 Å². The van der Waals surface area contributed by atoms with Crippen LogP contribution in [0.25, 0.3) is 0 Å². The predicted molar refractivity (Wildman–Crippen MR) is 116 cm³/mol. The fourth-order valence-corrected chi connectivity index (χ4v) is 9.91. The lowest BCUT2D eigenvalue weighted by Gasteiger charge is -2.37. The minimum absolute atomic E-state index is 0.581. The van der Waals surface area contributed by atoms with Gasteiger partial charge in [-0.2, -0.15) is 0 Å². The normalized spacial score (nSPS) is 25.0. The van der Waals surface area contributed by atoms with Gasteiger partial charge in [0.2, 0.25) is 0 Å². The molecular formula is C24H34OSi. The standard InChI is InChI=1S/C24H34OSi/c1-7-13-25-23-18(4)14-17(3)15-22(23)26(5,6)24-19(8-2)16-20-11-9-10-12-21(20)24/h7,9-10,12,14-15,19-20,24H,1,8,11,13,16H2,2-6H3. The van der Waals surface area contributed by atoms with Gasteiger partial charge >= 0.3 is 0 Å². The van der Waals surface area contributed by atoms with Gasteiger partial charge < -0.3 is 4.74 Å². The van der Waals surface area contributed by atoms with E-state index in [0.29, 0.717) is 6.61 Å². The third kappa shape index (κ3) is 3.36. The fourth-order valence-electron chi connectivity index (χ4n) is 5.40. The molecule has 0 aromatic heterocycles. The molecule has 2 heteroatoms. The van der Waals surface area contributed by atoms with Crippen molar-refractivity contribution < 1.29 is 4.74 Å². The number of hydrogen-bond acceptors (Lipinski definition) is 1. The van der Waals surface area contributed by atoms with Crippen LogP contribution in [0.15, 0.2) is 48.6 Å².